The summed E-state index contributed by atoms with van der Waals surface area (Å²) in [5, 5.41) is -0.0100. The van der Waals surface area contributed by atoms with Gasteiger partial charge in [0.2, 0.25) is 0 Å². The van der Waals surface area contributed by atoms with E-state index in [1.165, 1.54) is 11.1 Å². The maximum absolute atomic E-state index is 6.43. The summed E-state index contributed by atoms with van der Waals surface area (Å²) in [4.78, 5) is 4.38. The van der Waals surface area contributed by atoms with Gasteiger partial charge in [-0.15, -0.1) is 11.6 Å². The molecule has 0 aliphatic carbocycles. The molecule has 1 nitrogen and oxygen atoms in total. The van der Waals surface area contributed by atoms with Crippen molar-refractivity contribution in [1.29, 1.82) is 0 Å². The third-order valence-corrected chi connectivity index (χ3v) is 3.34. The van der Waals surface area contributed by atoms with Crippen molar-refractivity contribution in [2.75, 3.05) is 0 Å². The van der Waals surface area contributed by atoms with E-state index in [1.807, 2.05) is 12.3 Å². The summed E-state index contributed by atoms with van der Waals surface area (Å²) in [6, 6.07) is 12.4. The molecule has 1 atom stereocenters. The highest BCUT2D eigenvalue weighted by Crippen LogP contribution is 2.25. The van der Waals surface area contributed by atoms with Crippen molar-refractivity contribution in [3.8, 4) is 0 Å². The van der Waals surface area contributed by atoms with Crippen LogP contribution in [0.5, 0.6) is 0 Å². The molecule has 17 heavy (non-hydrogen) atoms. The molecule has 0 fully saturated rings. The number of rotatable bonds is 3. The number of pyridine rings is 1. The molecule has 88 valence electrons. The number of alkyl halides is 1. The van der Waals surface area contributed by atoms with Gasteiger partial charge in [-0.25, -0.2) is 0 Å². The first kappa shape index (κ1) is 12.1. The monoisotopic (exact) mass is 245 g/mol. The highest BCUT2D eigenvalue weighted by Gasteiger charge is 2.10. The molecule has 0 radical (unpaired) electrons. The van der Waals surface area contributed by atoms with Gasteiger partial charge in [0, 0.05) is 18.3 Å². The molecule has 1 unspecified atom stereocenters. The van der Waals surface area contributed by atoms with Crippen LogP contribution in [-0.2, 0) is 6.42 Å². The minimum atomic E-state index is -0.0100. The van der Waals surface area contributed by atoms with Crippen LogP contribution in [0.25, 0.3) is 0 Å². The highest BCUT2D eigenvalue weighted by molar-refractivity contribution is 6.20. The van der Waals surface area contributed by atoms with Crippen LogP contribution in [0.2, 0.25) is 0 Å². The first-order chi connectivity index (χ1) is 8.16. The van der Waals surface area contributed by atoms with E-state index in [4.69, 9.17) is 11.6 Å². The van der Waals surface area contributed by atoms with Crippen molar-refractivity contribution in [2.45, 2.75) is 25.6 Å². The number of benzene rings is 1. The Morgan fingerprint density at radius 1 is 1.12 bits per heavy atom. The molecule has 0 aliphatic heterocycles. The van der Waals surface area contributed by atoms with E-state index < -0.39 is 0 Å². The molecule has 0 saturated carbocycles. The van der Waals surface area contributed by atoms with E-state index in [0.717, 1.165) is 17.7 Å². The van der Waals surface area contributed by atoms with Crippen LogP contribution in [0.4, 0.5) is 0 Å². The van der Waals surface area contributed by atoms with Crippen LogP contribution in [0.3, 0.4) is 0 Å². The molecule has 0 saturated heterocycles. The van der Waals surface area contributed by atoms with Gasteiger partial charge in [-0.1, -0.05) is 35.9 Å². The minimum Gasteiger partial charge on any atom is -0.261 e. The maximum Gasteiger partial charge on any atom is 0.0640 e. The second-order valence-corrected chi connectivity index (χ2v) is 4.88. The minimum absolute atomic E-state index is 0.0100. The van der Waals surface area contributed by atoms with Gasteiger partial charge in [0.1, 0.15) is 0 Å². The van der Waals surface area contributed by atoms with Crippen molar-refractivity contribution in [1.82, 2.24) is 4.98 Å². The third-order valence-electron chi connectivity index (χ3n) is 2.93. The lowest BCUT2D eigenvalue weighted by Gasteiger charge is -2.11. The highest BCUT2D eigenvalue weighted by atomic mass is 35.5. The van der Waals surface area contributed by atoms with Crippen LogP contribution in [-0.4, -0.2) is 4.98 Å². The number of hydrogen-bond donors (Lipinski definition) is 0. The Labute approximate surface area is 107 Å². The zero-order valence-electron chi connectivity index (χ0n) is 10.2. The fourth-order valence-corrected chi connectivity index (χ4v) is 2.09. The Balaban J connectivity index is 2.14. The Bertz CT molecular complexity index is 491. The molecule has 0 N–H and O–H groups in total. The Hall–Kier alpha value is -1.34. The van der Waals surface area contributed by atoms with Gasteiger partial charge in [0.25, 0.3) is 0 Å². The molecule has 0 bridgehead atoms. The molecule has 2 aromatic rings. The molecule has 1 aromatic carbocycles. The van der Waals surface area contributed by atoms with Crippen molar-refractivity contribution >= 4 is 11.6 Å². The molecular formula is C15H16ClN. The van der Waals surface area contributed by atoms with Crippen LogP contribution in [0, 0.1) is 13.8 Å². The normalized spacial score (nSPS) is 12.4. The quantitative estimate of drug-likeness (QED) is 0.738. The summed E-state index contributed by atoms with van der Waals surface area (Å²) < 4.78 is 0. The van der Waals surface area contributed by atoms with Crippen molar-refractivity contribution in [2.24, 2.45) is 0 Å². The van der Waals surface area contributed by atoms with E-state index >= 15 is 0 Å². The summed E-state index contributed by atoms with van der Waals surface area (Å²) in [7, 11) is 0. The lowest BCUT2D eigenvalue weighted by atomic mass is 10.0. The Morgan fingerprint density at radius 3 is 2.47 bits per heavy atom. The van der Waals surface area contributed by atoms with Crippen LogP contribution >= 0.6 is 11.6 Å². The van der Waals surface area contributed by atoms with E-state index in [1.54, 1.807) is 0 Å². The van der Waals surface area contributed by atoms with E-state index in [2.05, 4.69) is 49.2 Å². The zero-order valence-corrected chi connectivity index (χ0v) is 10.9. The number of aryl methyl sites for hydroxylation is 2. The maximum atomic E-state index is 6.43. The average Bonchev–Trinajstić information content (AvgIpc) is 2.33. The first-order valence-electron chi connectivity index (χ1n) is 5.78. The van der Waals surface area contributed by atoms with Gasteiger partial charge in [0.05, 0.1) is 5.38 Å². The molecule has 0 aliphatic rings. The summed E-state index contributed by atoms with van der Waals surface area (Å²) in [5.41, 5.74) is 4.69. The van der Waals surface area contributed by atoms with Crippen LogP contribution in [0.15, 0.2) is 42.6 Å². The Morgan fingerprint density at radius 2 is 1.82 bits per heavy atom. The molecule has 2 heteroatoms. The average molecular weight is 246 g/mol. The molecular weight excluding hydrogens is 230 g/mol. The van der Waals surface area contributed by atoms with Crippen molar-refractivity contribution < 1.29 is 0 Å². The number of hydrogen-bond acceptors (Lipinski definition) is 1. The molecule has 2 rings (SSSR count). The zero-order chi connectivity index (χ0) is 12.3. The van der Waals surface area contributed by atoms with E-state index in [0.29, 0.717) is 0 Å². The van der Waals surface area contributed by atoms with Crippen LogP contribution < -0.4 is 0 Å². The summed E-state index contributed by atoms with van der Waals surface area (Å²) >= 11 is 6.43. The van der Waals surface area contributed by atoms with Gasteiger partial charge < -0.3 is 0 Å². The lowest BCUT2D eigenvalue weighted by Crippen LogP contribution is -2.00. The van der Waals surface area contributed by atoms with E-state index in [-0.39, 0.29) is 5.38 Å². The topological polar surface area (TPSA) is 12.9 Å². The van der Waals surface area contributed by atoms with Gasteiger partial charge >= 0.3 is 0 Å². The van der Waals surface area contributed by atoms with E-state index in [9.17, 15) is 0 Å². The third kappa shape index (κ3) is 3.07. The van der Waals surface area contributed by atoms with Crippen molar-refractivity contribution in [3.63, 3.8) is 0 Å². The number of aromatic nitrogens is 1. The SMILES string of the molecule is Cc1ccc(C(Cl)Cc2ncccc2C)cc1. The first-order valence-corrected chi connectivity index (χ1v) is 6.21. The number of halogens is 1. The van der Waals surface area contributed by atoms with Crippen molar-refractivity contribution in [3.05, 3.63) is 65.0 Å². The molecule has 0 amide bonds. The molecule has 1 heterocycles. The summed E-state index contributed by atoms with van der Waals surface area (Å²) in [6.07, 6.45) is 2.60. The second kappa shape index (κ2) is 5.33. The standard InChI is InChI=1S/C15H16ClN/c1-11-5-7-13(8-6-11)14(16)10-15-12(2)4-3-9-17-15/h3-9,14H,10H2,1-2H3. The summed E-state index contributed by atoms with van der Waals surface area (Å²) in [5.74, 6) is 0. The van der Waals surface area contributed by atoms with Gasteiger partial charge in [-0.3, -0.25) is 4.98 Å². The van der Waals surface area contributed by atoms with Crippen LogP contribution in [0.1, 0.15) is 27.8 Å². The Kier molecular flexibility index (Phi) is 3.80. The fourth-order valence-electron chi connectivity index (χ4n) is 1.79. The predicted octanol–water partition coefficient (Wildman–Crippen LogP) is 4.22. The summed E-state index contributed by atoms with van der Waals surface area (Å²) in [6.45, 7) is 4.15. The number of nitrogens with zero attached hydrogens (tertiary/aromatic N) is 1. The van der Waals surface area contributed by atoms with Gasteiger partial charge in [-0.2, -0.15) is 0 Å². The molecule has 0 spiro atoms. The smallest absolute Gasteiger partial charge is 0.0640 e. The lowest BCUT2D eigenvalue weighted by molar-refractivity contribution is 0.869. The largest absolute Gasteiger partial charge is 0.261 e. The van der Waals surface area contributed by atoms with Gasteiger partial charge in [-0.05, 0) is 31.0 Å². The predicted molar refractivity (Wildman–Crippen MR) is 72.5 cm³/mol. The fraction of sp³-hybridized carbons (Fsp3) is 0.267. The second-order valence-electron chi connectivity index (χ2n) is 4.35. The van der Waals surface area contributed by atoms with Gasteiger partial charge in [0.15, 0.2) is 0 Å². The molecule has 1 aromatic heterocycles.